The maximum atomic E-state index is 13.8. The van der Waals surface area contributed by atoms with Crippen LogP contribution in [0.5, 0.6) is 0 Å². The Morgan fingerprint density at radius 2 is 2.20 bits per heavy atom. The third-order valence-electron chi connectivity index (χ3n) is 3.17. The van der Waals surface area contributed by atoms with Crippen molar-refractivity contribution in [3.63, 3.8) is 0 Å². The van der Waals surface area contributed by atoms with Gasteiger partial charge in [0.2, 0.25) is 5.91 Å². The van der Waals surface area contributed by atoms with E-state index in [4.69, 9.17) is 5.73 Å². The first-order chi connectivity index (χ1) is 9.54. The molecular formula is C14H17FN4O. The lowest BCUT2D eigenvalue weighted by molar-refractivity contribution is -0.118. The predicted molar refractivity (Wildman–Crippen MR) is 75.2 cm³/mol. The molecule has 0 spiro atoms. The summed E-state index contributed by atoms with van der Waals surface area (Å²) in [7, 11) is 0. The normalized spacial score (nSPS) is 12.2. The van der Waals surface area contributed by atoms with E-state index in [0.29, 0.717) is 17.8 Å². The van der Waals surface area contributed by atoms with Crippen molar-refractivity contribution in [1.29, 1.82) is 0 Å². The van der Waals surface area contributed by atoms with Gasteiger partial charge in [-0.3, -0.25) is 4.79 Å². The Morgan fingerprint density at radius 1 is 1.50 bits per heavy atom. The second kappa shape index (κ2) is 5.73. The monoisotopic (exact) mass is 276 g/mol. The number of carbonyl (C=O) groups is 1. The quantitative estimate of drug-likeness (QED) is 0.877. The standard InChI is InChI=1S/C14H17FN4O/c1-3-11(14(16)20)18-12-8-17-19(9(12)2)13-7-5-4-6-10(13)15/h4-8,11,18H,3H2,1-2H3,(H2,16,20)/t11-/m0/s1. The van der Waals surface area contributed by atoms with E-state index < -0.39 is 11.9 Å². The summed E-state index contributed by atoms with van der Waals surface area (Å²) >= 11 is 0. The van der Waals surface area contributed by atoms with Gasteiger partial charge in [-0.2, -0.15) is 5.10 Å². The number of aromatic nitrogens is 2. The Balaban J connectivity index is 2.32. The molecule has 5 nitrogen and oxygen atoms in total. The average molecular weight is 276 g/mol. The van der Waals surface area contributed by atoms with Crippen LogP contribution in [-0.4, -0.2) is 21.7 Å². The number of nitrogens with two attached hydrogens (primary N) is 1. The van der Waals surface area contributed by atoms with Crippen LogP contribution >= 0.6 is 0 Å². The third kappa shape index (κ3) is 2.64. The Bertz CT molecular complexity index is 623. The molecule has 0 bridgehead atoms. The predicted octanol–water partition coefficient (Wildman–Crippen LogP) is 2.00. The minimum atomic E-state index is -0.466. The number of carbonyl (C=O) groups excluding carboxylic acids is 1. The number of amides is 1. The summed E-state index contributed by atoms with van der Waals surface area (Å²) in [5.74, 6) is -0.780. The van der Waals surface area contributed by atoms with Crippen molar-refractivity contribution >= 4 is 11.6 Å². The van der Waals surface area contributed by atoms with Crippen LogP contribution in [0.3, 0.4) is 0 Å². The smallest absolute Gasteiger partial charge is 0.239 e. The van der Waals surface area contributed by atoms with Crippen LogP contribution in [0.15, 0.2) is 30.5 Å². The number of halogens is 1. The van der Waals surface area contributed by atoms with Crippen molar-refractivity contribution in [3.05, 3.63) is 42.0 Å². The van der Waals surface area contributed by atoms with E-state index in [0.717, 1.165) is 5.69 Å². The van der Waals surface area contributed by atoms with E-state index in [1.807, 2.05) is 6.92 Å². The van der Waals surface area contributed by atoms with Crippen molar-refractivity contribution in [2.75, 3.05) is 5.32 Å². The molecule has 2 rings (SSSR count). The van der Waals surface area contributed by atoms with Crippen LogP contribution in [0.1, 0.15) is 19.0 Å². The van der Waals surface area contributed by atoms with Gasteiger partial charge in [0, 0.05) is 0 Å². The highest BCUT2D eigenvalue weighted by atomic mass is 19.1. The van der Waals surface area contributed by atoms with E-state index in [2.05, 4.69) is 10.4 Å². The van der Waals surface area contributed by atoms with Gasteiger partial charge in [0.15, 0.2) is 0 Å². The van der Waals surface area contributed by atoms with E-state index in [9.17, 15) is 9.18 Å². The van der Waals surface area contributed by atoms with Gasteiger partial charge in [0.05, 0.1) is 17.6 Å². The number of para-hydroxylation sites is 1. The number of hydrogen-bond acceptors (Lipinski definition) is 3. The van der Waals surface area contributed by atoms with Gasteiger partial charge in [-0.15, -0.1) is 0 Å². The lowest BCUT2D eigenvalue weighted by Gasteiger charge is -2.14. The molecule has 0 saturated carbocycles. The molecule has 0 aliphatic rings. The molecular weight excluding hydrogens is 259 g/mol. The van der Waals surface area contributed by atoms with E-state index >= 15 is 0 Å². The molecule has 0 aliphatic carbocycles. The molecule has 1 amide bonds. The largest absolute Gasteiger partial charge is 0.371 e. The van der Waals surface area contributed by atoms with Crippen molar-refractivity contribution in [2.45, 2.75) is 26.3 Å². The number of anilines is 1. The van der Waals surface area contributed by atoms with Gasteiger partial charge in [0.25, 0.3) is 0 Å². The summed E-state index contributed by atoms with van der Waals surface area (Å²) in [6.07, 6.45) is 2.13. The highest BCUT2D eigenvalue weighted by Crippen LogP contribution is 2.21. The van der Waals surface area contributed by atoms with Gasteiger partial charge >= 0.3 is 0 Å². The van der Waals surface area contributed by atoms with Gasteiger partial charge in [0.1, 0.15) is 17.5 Å². The maximum Gasteiger partial charge on any atom is 0.239 e. The number of rotatable bonds is 5. The Morgan fingerprint density at radius 3 is 2.80 bits per heavy atom. The van der Waals surface area contributed by atoms with Crippen molar-refractivity contribution < 1.29 is 9.18 Å². The fourth-order valence-corrected chi connectivity index (χ4v) is 1.98. The average Bonchev–Trinajstić information content (AvgIpc) is 2.77. The number of nitrogens with zero attached hydrogens (tertiary/aromatic N) is 2. The first kappa shape index (κ1) is 14.0. The Labute approximate surface area is 116 Å². The lowest BCUT2D eigenvalue weighted by atomic mass is 10.2. The molecule has 106 valence electrons. The SMILES string of the molecule is CC[C@H](Nc1cnn(-c2ccccc2F)c1C)C(N)=O. The maximum absolute atomic E-state index is 13.8. The second-order valence-electron chi connectivity index (χ2n) is 4.51. The summed E-state index contributed by atoms with van der Waals surface area (Å²) in [4.78, 5) is 11.2. The molecule has 6 heteroatoms. The first-order valence-electron chi connectivity index (χ1n) is 6.40. The molecule has 0 radical (unpaired) electrons. The van der Waals surface area contributed by atoms with Crippen molar-refractivity contribution in [3.8, 4) is 5.69 Å². The van der Waals surface area contributed by atoms with Gasteiger partial charge in [-0.1, -0.05) is 19.1 Å². The summed E-state index contributed by atoms with van der Waals surface area (Å²) in [5, 5.41) is 7.18. The van der Waals surface area contributed by atoms with Crippen LogP contribution in [0.2, 0.25) is 0 Å². The van der Waals surface area contributed by atoms with Gasteiger partial charge in [-0.25, -0.2) is 9.07 Å². The Kier molecular flexibility index (Phi) is 4.02. The minimum Gasteiger partial charge on any atom is -0.371 e. The topological polar surface area (TPSA) is 72.9 Å². The fraction of sp³-hybridized carbons (Fsp3) is 0.286. The lowest BCUT2D eigenvalue weighted by Crippen LogP contribution is -2.34. The molecule has 1 aromatic carbocycles. The zero-order valence-corrected chi connectivity index (χ0v) is 11.4. The summed E-state index contributed by atoms with van der Waals surface area (Å²) in [6.45, 7) is 3.66. The summed E-state index contributed by atoms with van der Waals surface area (Å²) < 4.78 is 15.3. The van der Waals surface area contributed by atoms with Gasteiger partial charge in [-0.05, 0) is 25.5 Å². The minimum absolute atomic E-state index is 0.354. The zero-order chi connectivity index (χ0) is 14.7. The molecule has 20 heavy (non-hydrogen) atoms. The van der Waals surface area contributed by atoms with Crippen LogP contribution in [0, 0.1) is 12.7 Å². The molecule has 2 aromatic rings. The van der Waals surface area contributed by atoms with Crippen LogP contribution < -0.4 is 11.1 Å². The fourth-order valence-electron chi connectivity index (χ4n) is 1.98. The molecule has 1 heterocycles. The molecule has 0 fully saturated rings. The number of hydrogen-bond donors (Lipinski definition) is 2. The molecule has 0 aliphatic heterocycles. The number of primary amides is 1. The summed E-state index contributed by atoms with van der Waals surface area (Å²) in [6, 6.07) is 5.92. The highest BCUT2D eigenvalue weighted by molar-refractivity contribution is 5.83. The number of nitrogens with one attached hydrogen (secondary N) is 1. The first-order valence-corrected chi connectivity index (χ1v) is 6.40. The number of benzene rings is 1. The van der Waals surface area contributed by atoms with E-state index in [1.165, 1.54) is 10.7 Å². The van der Waals surface area contributed by atoms with Crippen molar-refractivity contribution in [2.24, 2.45) is 5.73 Å². The van der Waals surface area contributed by atoms with E-state index in [1.54, 1.807) is 31.3 Å². The summed E-state index contributed by atoms with van der Waals surface area (Å²) in [5.41, 5.74) is 7.05. The highest BCUT2D eigenvalue weighted by Gasteiger charge is 2.17. The van der Waals surface area contributed by atoms with Crippen LogP contribution in [0.4, 0.5) is 10.1 Å². The molecule has 0 saturated heterocycles. The Hall–Kier alpha value is -2.37. The van der Waals surface area contributed by atoms with Gasteiger partial charge < -0.3 is 11.1 Å². The van der Waals surface area contributed by atoms with Crippen LogP contribution in [0.25, 0.3) is 5.69 Å². The molecule has 1 aromatic heterocycles. The second-order valence-corrected chi connectivity index (χ2v) is 4.51. The van der Waals surface area contributed by atoms with E-state index in [-0.39, 0.29) is 5.82 Å². The molecule has 3 N–H and O–H groups in total. The molecule has 1 atom stereocenters. The van der Waals surface area contributed by atoms with Crippen molar-refractivity contribution in [1.82, 2.24) is 9.78 Å². The third-order valence-corrected chi connectivity index (χ3v) is 3.17. The van der Waals surface area contributed by atoms with Crippen LogP contribution in [-0.2, 0) is 4.79 Å². The molecule has 0 unspecified atom stereocenters. The zero-order valence-electron chi connectivity index (χ0n) is 11.4.